The summed E-state index contributed by atoms with van der Waals surface area (Å²) in [7, 11) is 2.02. The van der Waals surface area contributed by atoms with E-state index in [-0.39, 0.29) is 0 Å². The molecule has 4 nitrogen and oxygen atoms in total. The molecule has 2 aromatic rings. The van der Waals surface area contributed by atoms with Crippen LogP contribution < -0.4 is 5.73 Å². The number of fused-ring (bicyclic) bond motifs is 1. The van der Waals surface area contributed by atoms with Crippen LogP contribution in [0.3, 0.4) is 0 Å². The fraction of sp³-hybridized carbons (Fsp3) is 0.562. The lowest BCUT2D eigenvalue weighted by Crippen LogP contribution is -2.48. The summed E-state index contributed by atoms with van der Waals surface area (Å²) < 4.78 is 1.98. The van der Waals surface area contributed by atoms with Crippen LogP contribution in [0.15, 0.2) is 24.3 Å². The summed E-state index contributed by atoms with van der Waals surface area (Å²) >= 11 is 0. The van der Waals surface area contributed by atoms with E-state index in [2.05, 4.69) is 36.1 Å². The number of likely N-dealkylation sites (tertiary alicyclic amines) is 1. The number of para-hydroxylation sites is 1. The molecule has 0 spiro atoms. The third kappa shape index (κ3) is 2.34. The molecule has 1 fully saturated rings. The Bertz CT molecular complexity index is 589. The van der Waals surface area contributed by atoms with Crippen molar-refractivity contribution < 1.29 is 0 Å². The first kappa shape index (κ1) is 13.6. The zero-order valence-electron chi connectivity index (χ0n) is 12.4. The molecular formula is C16H24N4. The lowest BCUT2D eigenvalue weighted by Gasteiger charge is -2.39. The van der Waals surface area contributed by atoms with Crippen LogP contribution >= 0.6 is 0 Å². The molecular weight excluding hydrogens is 248 g/mol. The van der Waals surface area contributed by atoms with Crippen molar-refractivity contribution in [3.05, 3.63) is 30.0 Å². The number of aromatic nitrogens is 2. The Kier molecular flexibility index (Phi) is 3.76. The maximum absolute atomic E-state index is 5.99. The third-order valence-electron chi connectivity index (χ3n) is 4.66. The summed E-state index contributed by atoms with van der Waals surface area (Å²) in [5, 5.41) is 5.98. The largest absolute Gasteiger partial charge is 0.329 e. The number of rotatable bonds is 3. The molecule has 0 saturated carbocycles. The van der Waals surface area contributed by atoms with Crippen LogP contribution in [-0.4, -0.2) is 33.8 Å². The van der Waals surface area contributed by atoms with Gasteiger partial charge in [0.2, 0.25) is 0 Å². The van der Waals surface area contributed by atoms with Crippen molar-refractivity contribution >= 4 is 10.9 Å². The summed E-state index contributed by atoms with van der Waals surface area (Å²) in [6.07, 6.45) is 2.56. The van der Waals surface area contributed by atoms with Crippen LogP contribution in [-0.2, 0) is 13.6 Å². The Balaban J connectivity index is 1.89. The minimum atomic E-state index is 0.490. The van der Waals surface area contributed by atoms with Crippen molar-refractivity contribution in [3.8, 4) is 0 Å². The number of hydrogen-bond acceptors (Lipinski definition) is 3. The van der Waals surface area contributed by atoms with Crippen molar-refractivity contribution in [2.24, 2.45) is 18.7 Å². The number of nitrogens with zero attached hydrogens (tertiary/aromatic N) is 3. The normalized spacial score (nSPS) is 24.4. The van der Waals surface area contributed by atoms with E-state index >= 15 is 0 Å². The highest BCUT2D eigenvalue weighted by atomic mass is 15.3. The Labute approximate surface area is 120 Å². The van der Waals surface area contributed by atoms with Gasteiger partial charge in [-0.1, -0.05) is 25.1 Å². The van der Waals surface area contributed by atoms with E-state index in [4.69, 9.17) is 10.8 Å². The van der Waals surface area contributed by atoms with Crippen molar-refractivity contribution in [1.82, 2.24) is 14.7 Å². The maximum atomic E-state index is 5.99. The lowest BCUT2D eigenvalue weighted by molar-refractivity contribution is 0.0980. The summed E-state index contributed by atoms with van der Waals surface area (Å²) in [5.74, 6) is 0.684. The number of aryl methyl sites for hydroxylation is 1. The Morgan fingerprint density at radius 1 is 1.35 bits per heavy atom. The molecule has 1 aromatic heterocycles. The van der Waals surface area contributed by atoms with Crippen molar-refractivity contribution in [2.45, 2.75) is 32.4 Å². The summed E-state index contributed by atoms with van der Waals surface area (Å²) in [6, 6.07) is 8.95. The molecule has 4 heteroatoms. The molecule has 20 heavy (non-hydrogen) atoms. The van der Waals surface area contributed by atoms with Gasteiger partial charge < -0.3 is 5.73 Å². The number of benzene rings is 1. The topological polar surface area (TPSA) is 47.1 Å². The predicted octanol–water partition coefficient (Wildman–Crippen LogP) is 2.13. The Morgan fingerprint density at radius 2 is 2.15 bits per heavy atom. The molecule has 1 saturated heterocycles. The summed E-state index contributed by atoms with van der Waals surface area (Å²) in [5.41, 5.74) is 8.37. The average Bonchev–Trinajstić information content (AvgIpc) is 2.77. The lowest BCUT2D eigenvalue weighted by atomic mass is 9.90. The first-order valence-electron chi connectivity index (χ1n) is 7.55. The molecule has 2 heterocycles. The van der Waals surface area contributed by atoms with E-state index in [1.165, 1.54) is 29.4 Å². The second-order valence-electron chi connectivity index (χ2n) is 5.98. The zero-order valence-corrected chi connectivity index (χ0v) is 12.4. The number of nitrogens with two attached hydrogens (primary N) is 1. The standard InChI is InChI=1S/C16H24N4/c1-12-6-5-9-20(16(12)10-17)11-14-13-7-3-4-8-15(13)19(2)18-14/h3-4,7-8,12,16H,5-6,9-11,17H2,1-2H3. The molecule has 3 rings (SSSR count). The van der Waals surface area contributed by atoms with Gasteiger partial charge in [0.25, 0.3) is 0 Å². The fourth-order valence-corrected chi connectivity index (χ4v) is 3.51. The number of piperidine rings is 1. The molecule has 108 valence electrons. The van der Waals surface area contributed by atoms with Crippen LogP contribution in [0.1, 0.15) is 25.5 Å². The monoisotopic (exact) mass is 272 g/mol. The van der Waals surface area contributed by atoms with E-state index in [0.717, 1.165) is 19.6 Å². The molecule has 0 amide bonds. The van der Waals surface area contributed by atoms with Crippen LogP contribution in [0, 0.1) is 5.92 Å². The van der Waals surface area contributed by atoms with E-state index < -0.39 is 0 Å². The first-order valence-corrected chi connectivity index (χ1v) is 7.55. The Hall–Kier alpha value is -1.39. The predicted molar refractivity (Wildman–Crippen MR) is 82.4 cm³/mol. The fourth-order valence-electron chi connectivity index (χ4n) is 3.51. The first-order chi connectivity index (χ1) is 9.70. The molecule has 0 aliphatic carbocycles. The molecule has 1 aliphatic rings. The van der Waals surface area contributed by atoms with Gasteiger partial charge in [-0.05, 0) is 31.4 Å². The van der Waals surface area contributed by atoms with Gasteiger partial charge in [0, 0.05) is 31.6 Å². The quantitative estimate of drug-likeness (QED) is 0.931. The molecule has 2 unspecified atom stereocenters. The Morgan fingerprint density at radius 3 is 2.95 bits per heavy atom. The van der Waals surface area contributed by atoms with Gasteiger partial charge in [0.15, 0.2) is 0 Å². The smallest absolute Gasteiger partial charge is 0.0843 e. The van der Waals surface area contributed by atoms with Gasteiger partial charge in [-0.15, -0.1) is 0 Å². The van der Waals surface area contributed by atoms with Crippen LogP contribution in [0.25, 0.3) is 10.9 Å². The van der Waals surface area contributed by atoms with Gasteiger partial charge in [-0.2, -0.15) is 5.10 Å². The zero-order chi connectivity index (χ0) is 14.1. The van der Waals surface area contributed by atoms with E-state index in [1.807, 2.05) is 11.7 Å². The van der Waals surface area contributed by atoms with Crippen LogP contribution in [0.5, 0.6) is 0 Å². The second kappa shape index (κ2) is 5.54. The van der Waals surface area contributed by atoms with Crippen molar-refractivity contribution in [2.75, 3.05) is 13.1 Å². The highest BCUT2D eigenvalue weighted by molar-refractivity contribution is 5.81. The summed E-state index contributed by atoms with van der Waals surface area (Å²) in [6.45, 7) is 5.11. The van der Waals surface area contributed by atoms with E-state index in [9.17, 15) is 0 Å². The van der Waals surface area contributed by atoms with Gasteiger partial charge >= 0.3 is 0 Å². The molecule has 1 aliphatic heterocycles. The van der Waals surface area contributed by atoms with E-state index in [0.29, 0.717) is 12.0 Å². The van der Waals surface area contributed by atoms with Crippen molar-refractivity contribution in [1.29, 1.82) is 0 Å². The number of hydrogen-bond donors (Lipinski definition) is 1. The maximum Gasteiger partial charge on any atom is 0.0843 e. The molecule has 1 aromatic carbocycles. The second-order valence-corrected chi connectivity index (χ2v) is 5.98. The summed E-state index contributed by atoms with van der Waals surface area (Å²) in [4.78, 5) is 2.52. The van der Waals surface area contributed by atoms with Gasteiger partial charge in [-0.3, -0.25) is 9.58 Å². The van der Waals surface area contributed by atoms with Gasteiger partial charge in [0.1, 0.15) is 0 Å². The average molecular weight is 272 g/mol. The minimum absolute atomic E-state index is 0.490. The third-order valence-corrected chi connectivity index (χ3v) is 4.66. The van der Waals surface area contributed by atoms with Gasteiger partial charge in [0.05, 0.1) is 11.2 Å². The minimum Gasteiger partial charge on any atom is -0.329 e. The highest BCUT2D eigenvalue weighted by Gasteiger charge is 2.28. The van der Waals surface area contributed by atoms with Crippen LogP contribution in [0.4, 0.5) is 0 Å². The highest BCUT2D eigenvalue weighted by Crippen LogP contribution is 2.26. The van der Waals surface area contributed by atoms with Crippen molar-refractivity contribution in [3.63, 3.8) is 0 Å². The van der Waals surface area contributed by atoms with Crippen LogP contribution in [0.2, 0.25) is 0 Å². The molecule has 0 radical (unpaired) electrons. The molecule has 2 atom stereocenters. The molecule has 0 bridgehead atoms. The molecule has 2 N–H and O–H groups in total. The van der Waals surface area contributed by atoms with E-state index in [1.54, 1.807) is 0 Å². The SMILES string of the molecule is CC1CCCN(Cc2nn(C)c3ccccc23)C1CN. The van der Waals surface area contributed by atoms with Gasteiger partial charge in [-0.25, -0.2) is 0 Å².